The zero-order chi connectivity index (χ0) is 17.6. The van der Waals surface area contributed by atoms with Crippen LogP contribution in [0.1, 0.15) is 29.2 Å². The highest BCUT2D eigenvalue weighted by Crippen LogP contribution is 2.24. The van der Waals surface area contributed by atoms with E-state index >= 15 is 0 Å². The summed E-state index contributed by atoms with van der Waals surface area (Å²) in [5.41, 5.74) is 3.15. The van der Waals surface area contributed by atoms with Crippen LogP contribution >= 0.6 is 0 Å². The number of rotatable bonds is 7. The maximum absolute atomic E-state index is 12.4. The number of hydrogen-bond donors (Lipinski definition) is 2. The molecule has 25 heavy (non-hydrogen) atoms. The summed E-state index contributed by atoms with van der Waals surface area (Å²) < 4.78 is 10.4. The first-order valence-corrected chi connectivity index (χ1v) is 8.54. The number of carbonyl (C=O) groups is 1. The molecular formula is C18H24N4O3. The second-order valence-corrected chi connectivity index (χ2v) is 6.25. The molecule has 2 N–H and O–H groups in total. The minimum Gasteiger partial charge on any atom is -0.475 e. The number of ether oxygens (including phenoxy) is 2. The average Bonchev–Trinajstić information content (AvgIpc) is 3.00. The first-order valence-electron chi connectivity index (χ1n) is 8.54. The molecular weight excluding hydrogens is 320 g/mol. The van der Waals surface area contributed by atoms with Gasteiger partial charge in [0.05, 0.1) is 12.3 Å². The zero-order valence-electron chi connectivity index (χ0n) is 14.7. The highest BCUT2D eigenvalue weighted by atomic mass is 16.5. The maximum atomic E-state index is 12.4. The van der Waals surface area contributed by atoms with E-state index in [1.807, 2.05) is 13.0 Å². The van der Waals surface area contributed by atoms with Gasteiger partial charge in [-0.2, -0.15) is 0 Å². The van der Waals surface area contributed by atoms with Gasteiger partial charge in [-0.25, -0.2) is 9.97 Å². The third kappa shape index (κ3) is 4.57. The molecule has 7 nitrogen and oxygen atoms in total. The lowest BCUT2D eigenvalue weighted by Gasteiger charge is -2.20. The van der Waals surface area contributed by atoms with Crippen molar-refractivity contribution in [3.05, 3.63) is 41.1 Å². The number of amides is 1. The Bertz CT molecular complexity index is 712. The van der Waals surface area contributed by atoms with Crippen LogP contribution in [0.5, 0.6) is 5.88 Å². The van der Waals surface area contributed by atoms with Gasteiger partial charge in [0.15, 0.2) is 0 Å². The lowest BCUT2D eigenvalue weighted by atomic mass is 9.89. The van der Waals surface area contributed by atoms with E-state index < -0.39 is 0 Å². The Hall–Kier alpha value is -2.41. The number of hydrogen-bond acceptors (Lipinski definition) is 5. The molecule has 134 valence electrons. The van der Waals surface area contributed by atoms with E-state index in [0.717, 1.165) is 42.0 Å². The molecule has 1 aliphatic rings. The van der Waals surface area contributed by atoms with Crippen molar-refractivity contribution in [2.75, 3.05) is 20.3 Å². The van der Waals surface area contributed by atoms with Gasteiger partial charge in [-0.3, -0.25) is 4.79 Å². The third-order valence-electron chi connectivity index (χ3n) is 4.34. The molecule has 0 saturated heterocycles. The van der Waals surface area contributed by atoms with Crippen molar-refractivity contribution in [3.63, 3.8) is 0 Å². The fourth-order valence-corrected chi connectivity index (χ4v) is 3.01. The number of nitrogens with one attached hydrogen (secondary N) is 2. The molecule has 1 atom stereocenters. The number of aromatic amines is 1. The molecule has 1 aliphatic carbocycles. The lowest BCUT2D eigenvalue weighted by Crippen LogP contribution is -2.33. The number of imidazole rings is 1. The van der Waals surface area contributed by atoms with Crippen molar-refractivity contribution < 1.29 is 14.3 Å². The molecule has 3 rings (SSSR count). The molecule has 2 aromatic heterocycles. The van der Waals surface area contributed by atoms with Crippen LogP contribution in [-0.4, -0.2) is 41.2 Å². The maximum Gasteiger partial charge on any atom is 0.223 e. The Morgan fingerprint density at radius 2 is 2.28 bits per heavy atom. The SMILES string of the molecule is COCCOc1ccc(CNC(=O)[C@H]2CCc3nc(C)[nH]c3C2)cn1. The quantitative estimate of drug-likeness (QED) is 0.744. The van der Waals surface area contributed by atoms with Crippen molar-refractivity contribution >= 4 is 5.91 Å². The molecule has 2 heterocycles. The molecule has 0 unspecified atom stereocenters. The molecule has 7 heteroatoms. The lowest BCUT2D eigenvalue weighted by molar-refractivity contribution is -0.125. The molecule has 0 spiro atoms. The van der Waals surface area contributed by atoms with Gasteiger partial charge in [0, 0.05) is 44.0 Å². The van der Waals surface area contributed by atoms with Gasteiger partial charge >= 0.3 is 0 Å². The molecule has 0 aliphatic heterocycles. The zero-order valence-corrected chi connectivity index (χ0v) is 14.7. The van der Waals surface area contributed by atoms with Gasteiger partial charge in [-0.15, -0.1) is 0 Å². The van der Waals surface area contributed by atoms with Gasteiger partial charge in [0.1, 0.15) is 12.4 Å². The summed E-state index contributed by atoms with van der Waals surface area (Å²) in [5.74, 6) is 1.56. The fourth-order valence-electron chi connectivity index (χ4n) is 3.01. The van der Waals surface area contributed by atoms with Crippen LogP contribution in [0.2, 0.25) is 0 Å². The van der Waals surface area contributed by atoms with Gasteiger partial charge < -0.3 is 19.8 Å². The molecule has 0 fully saturated rings. The van der Waals surface area contributed by atoms with E-state index in [0.29, 0.717) is 25.6 Å². The smallest absolute Gasteiger partial charge is 0.223 e. The first-order chi connectivity index (χ1) is 12.2. The average molecular weight is 344 g/mol. The van der Waals surface area contributed by atoms with Crippen molar-refractivity contribution in [2.24, 2.45) is 5.92 Å². The Labute approximate surface area is 147 Å². The van der Waals surface area contributed by atoms with Crippen LogP contribution in [-0.2, 0) is 28.9 Å². The van der Waals surface area contributed by atoms with Crippen molar-refractivity contribution in [2.45, 2.75) is 32.7 Å². The van der Waals surface area contributed by atoms with E-state index in [4.69, 9.17) is 9.47 Å². The number of methoxy groups -OCH3 is 1. The van der Waals surface area contributed by atoms with E-state index in [-0.39, 0.29) is 11.8 Å². The van der Waals surface area contributed by atoms with Crippen LogP contribution in [0.15, 0.2) is 18.3 Å². The van der Waals surface area contributed by atoms with Crippen LogP contribution in [0.4, 0.5) is 0 Å². The number of nitrogens with zero attached hydrogens (tertiary/aromatic N) is 2. The minimum atomic E-state index is -0.00282. The molecule has 0 aromatic carbocycles. The van der Waals surface area contributed by atoms with Gasteiger partial charge in [0.25, 0.3) is 0 Å². The van der Waals surface area contributed by atoms with E-state index in [1.165, 1.54) is 0 Å². The molecule has 0 bridgehead atoms. The topological polar surface area (TPSA) is 89.1 Å². The minimum absolute atomic E-state index is 0.00282. The summed E-state index contributed by atoms with van der Waals surface area (Å²) in [7, 11) is 1.63. The fraction of sp³-hybridized carbons (Fsp3) is 0.500. The number of pyridine rings is 1. The first kappa shape index (κ1) is 17.4. The van der Waals surface area contributed by atoms with E-state index in [9.17, 15) is 4.79 Å². The summed E-state index contributed by atoms with van der Waals surface area (Å²) in [5, 5.41) is 3.00. The number of aromatic nitrogens is 3. The molecule has 2 aromatic rings. The van der Waals surface area contributed by atoms with Gasteiger partial charge in [-0.05, 0) is 25.3 Å². The van der Waals surface area contributed by atoms with Gasteiger partial charge in [-0.1, -0.05) is 6.07 Å². The predicted octanol–water partition coefficient (Wildman–Crippen LogP) is 1.56. The number of H-pyrrole nitrogens is 1. The van der Waals surface area contributed by atoms with Crippen LogP contribution in [0.3, 0.4) is 0 Å². The standard InChI is InChI=1S/C18H24N4O3/c1-12-21-15-5-4-14(9-16(15)22-12)18(23)20-11-13-3-6-17(19-10-13)25-8-7-24-2/h3,6,10,14H,4-5,7-9,11H2,1-2H3,(H,20,23)(H,21,22)/t14-/m0/s1. The molecule has 0 saturated carbocycles. The van der Waals surface area contributed by atoms with Crippen LogP contribution in [0.25, 0.3) is 0 Å². The van der Waals surface area contributed by atoms with Crippen molar-refractivity contribution in [1.82, 2.24) is 20.3 Å². The summed E-state index contributed by atoms with van der Waals surface area (Å²) in [6.07, 6.45) is 4.15. The van der Waals surface area contributed by atoms with E-state index in [1.54, 1.807) is 19.4 Å². The number of fused-ring (bicyclic) bond motifs is 1. The Morgan fingerprint density at radius 3 is 3.04 bits per heavy atom. The summed E-state index contributed by atoms with van der Waals surface area (Å²) in [6, 6.07) is 3.71. The Kier molecular flexibility index (Phi) is 5.65. The van der Waals surface area contributed by atoms with Crippen LogP contribution < -0.4 is 10.1 Å². The molecule has 0 radical (unpaired) electrons. The second kappa shape index (κ2) is 8.11. The van der Waals surface area contributed by atoms with Crippen LogP contribution in [0, 0.1) is 12.8 Å². The second-order valence-electron chi connectivity index (χ2n) is 6.25. The summed E-state index contributed by atoms with van der Waals surface area (Å²) in [4.78, 5) is 24.4. The molecule has 1 amide bonds. The van der Waals surface area contributed by atoms with Gasteiger partial charge in [0.2, 0.25) is 11.8 Å². The Morgan fingerprint density at radius 1 is 1.40 bits per heavy atom. The highest BCUT2D eigenvalue weighted by Gasteiger charge is 2.26. The number of carbonyl (C=O) groups excluding carboxylic acids is 1. The Balaban J connectivity index is 1.47. The predicted molar refractivity (Wildman–Crippen MR) is 92.3 cm³/mol. The monoisotopic (exact) mass is 344 g/mol. The van der Waals surface area contributed by atoms with Crippen molar-refractivity contribution in [1.29, 1.82) is 0 Å². The highest BCUT2D eigenvalue weighted by molar-refractivity contribution is 5.79. The normalized spacial score (nSPS) is 16.3. The summed E-state index contributed by atoms with van der Waals surface area (Å²) in [6.45, 7) is 3.41. The summed E-state index contributed by atoms with van der Waals surface area (Å²) >= 11 is 0. The third-order valence-corrected chi connectivity index (χ3v) is 4.34. The van der Waals surface area contributed by atoms with Crippen molar-refractivity contribution in [3.8, 4) is 5.88 Å². The van der Waals surface area contributed by atoms with E-state index in [2.05, 4.69) is 20.3 Å². The number of aryl methyl sites for hydroxylation is 2. The largest absolute Gasteiger partial charge is 0.475 e.